The molecule has 0 aliphatic rings. The monoisotopic (exact) mass is 192 g/mol. The van der Waals surface area contributed by atoms with Crippen molar-refractivity contribution in [3.63, 3.8) is 0 Å². The van der Waals surface area contributed by atoms with Crippen molar-refractivity contribution in [2.45, 2.75) is 26.3 Å². The van der Waals surface area contributed by atoms with Crippen molar-refractivity contribution in [2.24, 2.45) is 5.73 Å². The summed E-state index contributed by atoms with van der Waals surface area (Å²) in [4.78, 5) is 0. The van der Waals surface area contributed by atoms with Crippen LogP contribution < -0.4 is 5.73 Å². The Hall–Kier alpha value is -1.40. The van der Waals surface area contributed by atoms with Gasteiger partial charge >= 0.3 is 0 Å². The van der Waals surface area contributed by atoms with Gasteiger partial charge in [0.1, 0.15) is 5.82 Å². The summed E-state index contributed by atoms with van der Waals surface area (Å²) in [6, 6.07) is 5.08. The first-order chi connectivity index (χ1) is 6.56. The molecule has 0 saturated carbocycles. The van der Waals surface area contributed by atoms with Crippen LogP contribution >= 0.6 is 0 Å². The van der Waals surface area contributed by atoms with Crippen LogP contribution in [-0.2, 0) is 0 Å². The molecule has 1 atom stereocenters. The van der Waals surface area contributed by atoms with Crippen LogP contribution in [0.1, 0.15) is 29.2 Å². The van der Waals surface area contributed by atoms with Crippen molar-refractivity contribution in [3.8, 4) is 6.07 Å². The predicted molar refractivity (Wildman–Crippen MR) is 53.0 cm³/mol. The number of nitrogens with two attached hydrogens (primary N) is 1. The van der Waals surface area contributed by atoms with Gasteiger partial charge in [-0.15, -0.1) is 0 Å². The molecule has 0 fully saturated rings. The van der Waals surface area contributed by atoms with Gasteiger partial charge in [-0.3, -0.25) is 0 Å². The molecule has 0 aromatic heterocycles. The predicted octanol–water partition coefficient (Wildman–Crippen LogP) is 2.36. The maximum absolute atomic E-state index is 13.3. The molecule has 0 amide bonds. The molecule has 0 aliphatic carbocycles. The van der Waals surface area contributed by atoms with Crippen molar-refractivity contribution < 1.29 is 4.39 Å². The number of benzene rings is 1. The molecule has 0 radical (unpaired) electrons. The van der Waals surface area contributed by atoms with Gasteiger partial charge in [-0.25, -0.2) is 4.39 Å². The van der Waals surface area contributed by atoms with Gasteiger partial charge < -0.3 is 5.73 Å². The topological polar surface area (TPSA) is 49.8 Å². The molecule has 14 heavy (non-hydrogen) atoms. The van der Waals surface area contributed by atoms with Crippen molar-refractivity contribution in [3.05, 3.63) is 34.6 Å². The zero-order valence-electron chi connectivity index (χ0n) is 8.34. The van der Waals surface area contributed by atoms with E-state index < -0.39 is 0 Å². The smallest absolute Gasteiger partial charge is 0.129 e. The van der Waals surface area contributed by atoms with Crippen LogP contribution in [-0.4, -0.2) is 0 Å². The van der Waals surface area contributed by atoms with Crippen molar-refractivity contribution in [2.75, 3.05) is 0 Å². The van der Waals surface area contributed by atoms with Gasteiger partial charge in [-0.2, -0.15) is 5.26 Å². The van der Waals surface area contributed by atoms with Crippen LogP contribution in [0.25, 0.3) is 0 Å². The number of halogens is 1. The molecule has 1 aromatic carbocycles. The second kappa shape index (κ2) is 4.21. The van der Waals surface area contributed by atoms with Crippen LogP contribution in [0.15, 0.2) is 12.1 Å². The zero-order valence-corrected chi connectivity index (χ0v) is 8.34. The summed E-state index contributed by atoms with van der Waals surface area (Å²) in [5.74, 6) is -0.196. The minimum absolute atomic E-state index is 0.196. The highest BCUT2D eigenvalue weighted by molar-refractivity contribution is 5.32. The molecular weight excluding hydrogens is 179 g/mol. The first kappa shape index (κ1) is 10.7. The van der Waals surface area contributed by atoms with E-state index in [9.17, 15) is 4.39 Å². The van der Waals surface area contributed by atoms with E-state index in [-0.39, 0.29) is 18.3 Å². The van der Waals surface area contributed by atoms with Crippen LogP contribution in [0.5, 0.6) is 0 Å². The molecule has 3 heteroatoms. The summed E-state index contributed by atoms with van der Waals surface area (Å²) < 4.78 is 13.3. The van der Waals surface area contributed by atoms with E-state index in [2.05, 4.69) is 0 Å². The summed E-state index contributed by atoms with van der Waals surface area (Å²) in [5, 5.41) is 8.49. The highest BCUT2D eigenvalue weighted by Crippen LogP contribution is 2.20. The van der Waals surface area contributed by atoms with Crippen LogP contribution in [0.2, 0.25) is 0 Å². The lowest BCUT2D eigenvalue weighted by Crippen LogP contribution is -2.10. The Morgan fingerprint density at radius 2 is 1.93 bits per heavy atom. The van der Waals surface area contributed by atoms with Gasteiger partial charge in [0.05, 0.1) is 12.5 Å². The molecule has 0 aliphatic heterocycles. The third-order valence-electron chi connectivity index (χ3n) is 2.20. The third-order valence-corrected chi connectivity index (χ3v) is 2.20. The Labute approximate surface area is 83.2 Å². The average Bonchev–Trinajstić information content (AvgIpc) is 2.13. The van der Waals surface area contributed by atoms with E-state index >= 15 is 0 Å². The maximum atomic E-state index is 13.3. The highest BCUT2D eigenvalue weighted by atomic mass is 19.1. The number of nitrogens with zero attached hydrogens (tertiary/aromatic N) is 1. The SMILES string of the molecule is Cc1cc([C@H](N)CC#N)cc(C)c1F. The molecule has 0 saturated heterocycles. The number of hydrogen-bond donors (Lipinski definition) is 1. The molecular formula is C11H13FN2. The maximum Gasteiger partial charge on any atom is 0.129 e. The molecule has 0 spiro atoms. The van der Waals surface area contributed by atoms with E-state index in [4.69, 9.17) is 11.0 Å². The molecule has 2 nitrogen and oxygen atoms in total. The van der Waals surface area contributed by atoms with E-state index in [0.717, 1.165) is 5.56 Å². The van der Waals surface area contributed by atoms with E-state index in [0.29, 0.717) is 11.1 Å². The molecule has 1 rings (SSSR count). The van der Waals surface area contributed by atoms with Crippen molar-refractivity contribution in [1.29, 1.82) is 5.26 Å². The largest absolute Gasteiger partial charge is 0.323 e. The lowest BCUT2D eigenvalue weighted by Gasteiger charge is -2.11. The molecule has 0 unspecified atom stereocenters. The minimum atomic E-state index is -0.321. The summed E-state index contributed by atoms with van der Waals surface area (Å²) >= 11 is 0. The molecule has 2 N–H and O–H groups in total. The second-order valence-corrected chi connectivity index (χ2v) is 3.44. The summed E-state index contributed by atoms with van der Waals surface area (Å²) in [6.07, 6.45) is 0.254. The Morgan fingerprint density at radius 3 is 2.36 bits per heavy atom. The van der Waals surface area contributed by atoms with Gasteiger partial charge in [0.2, 0.25) is 0 Å². The van der Waals surface area contributed by atoms with Crippen LogP contribution in [0.4, 0.5) is 4.39 Å². The first-order valence-electron chi connectivity index (χ1n) is 4.45. The third kappa shape index (κ3) is 2.09. The van der Waals surface area contributed by atoms with Gasteiger partial charge in [-0.05, 0) is 30.5 Å². The fourth-order valence-electron chi connectivity index (χ4n) is 1.41. The standard InChI is InChI=1S/C11H13FN2/c1-7-5-9(10(14)3-4-13)6-8(2)11(7)12/h5-6,10H,3,14H2,1-2H3/t10-/m1/s1. The van der Waals surface area contributed by atoms with E-state index in [1.165, 1.54) is 0 Å². The fourth-order valence-corrected chi connectivity index (χ4v) is 1.41. The van der Waals surface area contributed by atoms with E-state index in [1.807, 2.05) is 6.07 Å². The number of rotatable bonds is 2. The minimum Gasteiger partial charge on any atom is -0.323 e. The Bertz CT molecular complexity index is 356. The Balaban J connectivity index is 3.07. The first-order valence-corrected chi connectivity index (χ1v) is 4.45. The second-order valence-electron chi connectivity index (χ2n) is 3.44. The average molecular weight is 192 g/mol. The summed E-state index contributed by atoms with van der Waals surface area (Å²) in [7, 11) is 0. The lowest BCUT2D eigenvalue weighted by molar-refractivity contribution is 0.606. The van der Waals surface area contributed by atoms with Gasteiger partial charge in [-0.1, -0.05) is 12.1 Å². The molecule has 0 bridgehead atoms. The quantitative estimate of drug-likeness (QED) is 0.781. The van der Waals surface area contributed by atoms with Crippen LogP contribution in [0.3, 0.4) is 0 Å². The van der Waals surface area contributed by atoms with Crippen LogP contribution in [0, 0.1) is 31.0 Å². The van der Waals surface area contributed by atoms with Crippen molar-refractivity contribution in [1.82, 2.24) is 0 Å². The molecule has 1 aromatic rings. The van der Waals surface area contributed by atoms with E-state index in [1.54, 1.807) is 26.0 Å². The lowest BCUT2D eigenvalue weighted by atomic mass is 10.00. The number of hydrogen-bond acceptors (Lipinski definition) is 2. The van der Waals surface area contributed by atoms with Gasteiger partial charge in [0.15, 0.2) is 0 Å². The molecule has 74 valence electrons. The van der Waals surface area contributed by atoms with Crippen molar-refractivity contribution >= 4 is 0 Å². The molecule has 0 heterocycles. The Kier molecular flexibility index (Phi) is 3.21. The zero-order chi connectivity index (χ0) is 10.7. The Morgan fingerprint density at radius 1 is 1.43 bits per heavy atom. The summed E-state index contributed by atoms with van der Waals surface area (Å²) in [5.41, 5.74) is 7.73. The summed E-state index contributed by atoms with van der Waals surface area (Å²) in [6.45, 7) is 3.40. The number of aryl methyl sites for hydroxylation is 2. The fraction of sp³-hybridized carbons (Fsp3) is 0.364. The number of nitriles is 1. The van der Waals surface area contributed by atoms with Gasteiger partial charge in [0, 0.05) is 6.04 Å². The van der Waals surface area contributed by atoms with Gasteiger partial charge in [0.25, 0.3) is 0 Å². The highest BCUT2D eigenvalue weighted by Gasteiger charge is 2.09. The normalized spacial score (nSPS) is 12.2.